The van der Waals surface area contributed by atoms with Crippen LogP contribution in [0.3, 0.4) is 0 Å². The zero-order valence-electron chi connectivity index (χ0n) is 14.3. The Bertz CT molecular complexity index is 657. The second kappa shape index (κ2) is 7.08. The lowest BCUT2D eigenvalue weighted by molar-refractivity contribution is 0.200. The number of benzene rings is 2. The maximum absolute atomic E-state index is 6.22. The zero-order valence-corrected chi connectivity index (χ0v) is 14.3. The van der Waals surface area contributed by atoms with E-state index in [0.717, 1.165) is 24.3 Å². The van der Waals surface area contributed by atoms with Crippen molar-refractivity contribution in [2.75, 3.05) is 7.11 Å². The molecule has 0 amide bonds. The highest BCUT2D eigenvalue weighted by molar-refractivity contribution is 5.46. The van der Waals surface area contributed by atoms with Gasteiger partial charge >= 0.3 is 0 Å². The van der Waals surface area contributed by atoms with Gasteiger partial charge in [-0.1, -0.05) is 42.8 Å². The molecule has 0 aromatic heterocycles. The van der Waals surface area contributed by atoms with Gasteiger partial charge in [0.2, 0.25) is 0 Å². The number of rotatable bonds is 5. The van der Waals surface area contributed by atoms with Gasteiger partial charge in [-0.3, -0.25) is 0 Å². The third-order valence-corrected chi connectivity index (χ3v) is 4.83. The second-order valence-electron chi connectivity index (χ2n) is 6.57. The fraction of sp³-hybridized carbons (Fsp3) is 0.429. The summed E-state index contributed by atoms with van der Waals surface area (Å²) in [6, 6.07) is 15.1. The van der Waals surface area contributed by atoms with Crippen LogP contribution in [0.5, 0.6) is 11.5 Å². The van der Waals surface area contributed by atoms with Gasteiger partial charge in [-0.15, -0.1) is 0 Å². The average molecular weight is 310 g/mol. The van der Waals surface area contributed by atoms with Crippen LogP contribution in [-0.4, -0.2) is 13.2 Å². The predicted molar refractivity (Wildman–Crippen MR) is 94.6 cm³/mol. The molecule has 23 heavy (non-hydrogen) atoms. The molecule has 0 saturated heterocycles. The molecule has 1 aliphatic rings. The van der Waals surface area contributed by atoms with Gasteiger partial charge in [0.05, 0.1) is 13.2 Å². The minimum absolute atomic E-state index is 0.340. The Morgan fingerprint density at radius 1 is 0.957 bits per heavy atom. The molecule has 0 aliphatic heterocycles. The van der Waals surface area contributed by atoms with Gasteiger partial charge in [-0.05, 0) is 55.9 Å². The average Bonchev–Trinajstić information content (AvgIpc) is 3.07. The van der Waals surface area contributed by atoms with Gasteiger partial charge in [-0.25, -0.2) is 0 Å². The van der Waals surface area contributed by atoms with Crippen molar-refractivity contribution in [1.82, 2.24) is 0 Å². The summed E-state index contributed by atoms with van der Waals surface area (Å²) in [4.78, 5) is 0. The molecular weight excluding hydrogens is 284 g/mol. The first-order chi connectivity index (χ1) is 11.2. The lowest BCUT2D eigenvalue weighted by atomic mass is 9.92. The van der Waals surface area contributed by atoms with Gasteiger partial charge < -0.3 is 9.47 Å². The smallest absolute Gasteiger partial charge is 0.161 e. The Kier molecular flexibility index (Phi) is 4.90. The van der Waals surface area contributed by atoms with Crippen LogP contribution in [0.4, 0.5) is 0 Å². The molecule has 2 nitrogen and oxygen atoms in total. The summed E-state index contributed by atoms with van der Waals surface area (Å²) in [7, 11) is 1.71. The van der Waals surface area contributed by atoms with Crippen molar-refractivity contribution in [2.24, 2.45) is 0 Å². The fourth-order valence-corrected chi connectivity index (χ4v) is 3.37. The lowest BCUT2D eigenvalue weighted by Crippen LogP contribution is -2.12. The van der Waals surface area contributed by atoms with E-state index in [1.54, 1.807) is 7.11 Å². The quantitative estimate of drug-likeness (QED) is 0.728. The number of hydrogen-bond acceptors (Lipinski definition) is 2. The molecule has 1 unspecified atom stereocenters. The maximum Gasteiger partial charge on any atom is 0.161 e. The van der Waals surface area contributed by atoms with E-state index in [1.807, 2.05) is 6.07 Å². The van der Waals surface area contributed by atoms with E-state index in [9.17, 15) is 0 Å². The van der Waals surface area contributed by atoms with E-state index in [2.05, 4.69) is 50.2 Å². The van der Waals surface area contributed by atoms with Crippen molar-refractivity contribution in [2.45, 2.75) is 51.6 Å². The van der Waals surface area contributed by atoms with E-state index in [1.165, 1.54) is 29.5 Å². The third kappa shape index (κ3) is 3.69. The van der Waals surface area contributed by atoms with Crippen LogP contribution in [0, 0.1) is 6.92 Å². The first-order valence-electron chi connectivity index (χ1n) is 8.58. The van der Waals surface area contributed by atoms with Crippen LogP contribution in [0.25, 0.3) is 0 Å². The molecule has 1 aliphatic carbocycles. The monoisotopic (exact) mass is 310 g/mol. The first kappa shape index (κ1) is 15.9. The Morgan fingerprint density at radius 3 is 2.39 bits per heavy atom. The van der Waals surface area contributed by atoms with Crippen molar-refractivity contribution >= 4 is 0 Å². The van der Waals surface area contributed by atoms with Gasteiger partial charge in [0, 0.05) is 5.92 Å². The molecular formula is C21H26O2. The van der Waals surface area contributed by atoms with Gasteiger partial charge in [0.15, 0.2) is 11.5 Å². The summed E-state index contributed by atoms with van der Waals surface area (Å²) in [6.45, 7) is 4.38. The van der Waals surface area contributed by atoms with Crippen LogP contribution < -0.4 is 9.47 Å². The van der Waals surface area contributed by atoms with Crippen LogP contribution in [0.15, 0.2) is 42.5 Å². The molecule has 0 N–H and O–H groups in total. The minimum atomic E-state index is 0.340. The molecule has 0 radical (unpaired) electrons. The molecule has 122 valence electrons. The predicted octanol–water partition coefficient (Wildman–Crippen LogP) is 5.48. The molecule has 2 aromatic rings. The van der Waals surface area contributed by atoms with Crippen LogP contribution >= 0.6 is 0 Å². The largest absolute Gasteiger partial charge is 0.493 e. The van der Waals surface area contributed by atoms with Crippen molar-refractivity contribution in [3.63, 3.8) is 0 Å². The Morgan fingerprint density at radius 2 is 1.70 bits per heavy atom. The summed E-state index contributed by atoms with van der Waals surface area (Å²) in [5, 5.41) is 0. The van der Waals surface area contributed by atoms with Crippen molar-refractivity contribution in [1.29, 1.82) is 0 Å². The number of methoxy groups -OCH3 is 1. The highest BCUT2D eigenvalue weighted by atomic mass is 16.5. The molecule has 3 rings (SSSR count). The SMILES string of the molecule is COc1ccc(C(C)c2cccc(C)c2)cc1OC1CCCC1. The molecule has 0 bridgehead atoms. The summed E-state index contributed by atoms with van der Waals surface area (Å²) in [6.07, 6.45) is 5.19. The van der Waals surface area contributed by atoms with Crippen molar-refractivity contribution < 1.29 is 9.47 Å². The summed E-state index contributed by atoms with van der Waals surface area (Å²) < 4.78 is 11.7. The highest BCUT2D eigenvalue weighted by Crippen LogP contribution is 2.35. The molecule has 2 heteroatoms. The molecule has 1 atom stereocenters. The Labute approximate surface area is 139 Å². The normalized spacial score (nSPS) is 16.3. The van der Waals surface area contributed by atoms with Gasteiger partial charge in [0.25, 0.3) is 0 Å². The molecule has 1 fully saturated rings. The number of aryl methyl sites for hydroxylation is 1. The fourth-order valence-electron chi connectivity index (χ4n) is 3.37. The summed E-state index contributed by atoms with van der Waals surface area (Å²) in [5.74, 6) is 2.06. The van der Waals surface area contributed by atoms with Gasteiger partial charge in [-0.2, -0.15) is 0 Å². The van der Waals surface area contributed by atoms with E-state index >= 15 is 0 Å². The topological polar surface area (TPSA) is 18.5 Å². The number of hydrogen-bond donors (Lipinski definition) is 0. The van der Waals surface area contributed by atoms with Gasteiger partial charge in [0.1, 0.15) is 0 Å². The van der Waals surface area contributed by atoms with Crippen LogP contribution in [0.1, 0.15) is 55.2 Å². The minimum Gasteiger partial charge on any atom is -0.493 e. The molecule has 0 spiro atoms. The molecule has 0 heterocycles. The number of ether oxygens (including phenoxy) is 2. The Balaban J connectivity index is 1.87. The summed E-state index contributed by atoms with van der Waals surface area (Å²) in [5.41, 5.74) is 3.90. The van der Waals surface area contributed by atoms with E-state index < -0.39 is 0 Å². The van der Waals surface area contributed by atoms with Crippen LogP contribution in [0.2, 0.25) is 0 Å². The Hall–Kier alpha value is -1.96. The lowest BCUT2D eigenvalue weighted by Gasteiger charge is -2.19. The van der Waals surface area contributed by atoms with Crippen LogP contribution in [-0.2, 0) is 0 Å². The van der Waals surface area contributed by atoms with E-state index in [4.69, 9.17) is 9.47 Å². The summed E-state index contributed by atoms with van der Waals surface area (Å²) >= 11 is 0. The maximum atomic E-state index is 6.22. The van der Waals surface area contributed by atoms with E-state index in [-0.39, 0.29) is 0 Å². The van der Waals surface area contributed by atoms with E-state index in [0.29, 0.717) is 12.0 Å². The zero-order chi connectivity index (χ0) is 16.2. The highest BCUT2D eigenvalue weighted by Gasteiger charge is 2.19. The first-order valence-corrected chi connectivity index (χ1v) is 8.58. The molecule has 2 aromatic carbocycles. The van der Waals surface area contributed by atoms with Crippen molar-refractivity contribution in [3.05, 3.63) is 59.2 Å². The van der Waals surface area contributed by atoms with Crippen molar-refractivity contribution in [3.8, 4) is 11.5 Å². The third-order valence-electron chi connectivity index (χ3n) is 4.83. The standard InChI is InChI=1S/C21H26O2/c1-15-7-6-8-17(13-15)16(2)18-11-12-20(22-3)21(14-18)23-19-9-4-5-10-19/h6-8,11-14,16,19H,4-5,9-10H2,1-3H3. The second-order valence-corrected chi connectivity index (χ2v) is 6.57. The molecule has 1 saturated carbocycles.